The molecule has 2 rings (SSSR count). The summed E-state index contributed by atoms with van der Waals surface area (Å²) < 4.78 is 0.997. The molecule has 70 valence electrons. The van der Waals surface area contributed by atoms with Gasteiger partial charge in [0.05, 0.1) is 16.4 Å². The van der Waals surface area contributed by atoms with Gasteiger partial charge in [-0.1, -0.05) is 0 Å². The molecule has 1 aromatic carbocycles. The molecule has 0 spiro atoms. The third-order valence-electron chi connectivity index (χ3n) is 2.18. The summed E-state index contributed by atoms with van der Waals surface area (Å²) >= 11 is 1.55. The third-order valence-corrected chi connectivity index (χ3v) is 3.14. The fourth-order valence-electron chi connectivity index (χ4n) is 1.43. The summed E-state index contributed by atoms with van der Waals surface area (Å²) in [5.74, 6) is 0. The summed E-state index contributed by atoms with van der Waals surface area (Å²) in [6.45, 7) is 1.70. The Labute approximate surface area is 86.0 Å². The van der Waals surface area contributed by atoms with Crippen molar-refractivity contribution in [3.63, 3.8) is 0 Å². The lowest BCUT2D eigenvalue weighted by Gasteiger charge is -2.05. The molecule has 3 heteroatoms. The Hall–Kier alpha value is -1.37. The van der Waals surface area contributed by atoms with Crippen LogP contribution in [0.4, 0.5) is 0 Å². The zero-order chi connectivity index (χ0) is 10.1. The maximum Gasteiger partial charge on any atom is 0.101 e. The van der Waals surface area contributed by atoms with Gasteiger partial charge in [0, 0.05) is 0 Å². The molecule has 1 N–H and O–H groups in total. The largest absolute Gasteiger partial charge is 0.389 e. The highest BCUT2D eigenvalue weighted by Gasteiger charge is 2.07. The first-order valence-electron chi connectivity index (χ1n) is 4.31. The molecule has 0 saturated heterocycles. The Bertz CT molecular complexity index is 507. The molecule has 2 aromatic rings. The summed E-state index contributed by atoms with van der Waals surface area (Å²) in [5.41, 5.74) is 1.45. The van der Waals surface area contributed by atoms with Crippen LogP contribution in [-0.4, -0.2) is 5.11 Å². The predicted molar refractivity (Wildman–Crippen MR) is 57.2 cm³/mol. The van der Waals surface area contributed by atoms with Crippen molar-refractivity contribution in [1.82, 2.24) is 0 Å². The molecule has 0 amide bonds. The van der Waals surface area contributed by atoms with Crippen molar-refractivity contribution in [3.8, 4) is 6.07 Å². The zero-order valence-corrected chi connectivity index (χ0v) is 8.51. The molecule has 1 heterocycles. The highest BCUT2D eigenvalue weighted by Crippen LogP contribution is 2.28. The molecule has 0 aliphatic carbocycles. The van der Waals surface area contributed by atoms with E-state index in [4.69, 9.17) is 5.26 Å². The molecule has 14 heavy (non-hydrogen) atoms. The second-order valence-electron chi connectivity index (χ2n) is 3.20. The number of thiophene rings is 1. The van der Waals surface area contributed by atoms with Crippen LogP contribution in [0.1, 0.15) is 24.2 Å². The number of nitriles is 1. The van der Waals surface area contributed by atoms with Gasteiger partial charge in [-0.15, -0.1) is 11.3 Å². The fraction of sp³-hybridized carbons (Fsp3) is 0.182. The van der Waals surface area contributed by atoms with Crippen LogP contribution in [0.2, 0.25) is 0 Å². The average Bonchev–Trinajstić information content (AvgIpc) is 2.63. The van der Waals surface area contributed by atoms with Gasteiger partial charge in [-0.2, -0.15) is 5.26 Å². The Morgan fingerprint density at radius 3 is 2.93 bits per heavy atom. The first-order chi connectivity index (χ1) is 6.72. The number of rotatable bonds is 1. The van der Waals surface area contributed by atoms with E-state index in [2.05, 4.69) is 6.07 Å². The van der Waals surface area contributed by atoms with Crippen LogP contribution in [0.3, 0.4) is 0 Å². The Morgan fingerprint density at radius 1 is 1.50 bits per heavy atom. The highest BCUT2D eigenvalue weighted by atomic mass is 32.1. The van der Waals surface area contributed by atoms with E-state index in [1.54, 1.807) is 24.3 Å². The van der Waals surface area contributed by atoms with E-state index in [9.17, 15) is 5.11 Å². The Kier molecular flexibility index (Phi) is 2.24. The molecule has 0 saturated carbocycles. The maximum atomic E-state index is 9.43. The number of aliphatic hydroxyl groups is 1. The van der Waals surface area contributed by atoms with Crippen molar-refractivity contribution < 1.29 is 5.11 Å². The van der Waals surface area contributed by atoms with Crippen molar-refractivity contribution >= 4 is 21.4 Å². The van der Waals surface area contributed by atoms with Crippen molar-refractivity contribution in [1.29, 1.82) is 5.26 Å². The predicted octanol–water partition coefficient (Wildman–Crippen LogP) is 2.83. The number of aliphatic hydroxyl groups excluding tert-OH is 1. The van der Waals surface area contributed by atoms with Crippen LogP contribution in [-0.2, 0) is 0 Å². The number of hydrogen-bond acceptors (Lipinski definition) is 3. The van der Waals surface area contributed by atoms with E-state index in [0.717, 1.165) is 15.6 Å². The number of benzene rings is 1. The van der Waals surface area contributed by atoms with Gasteiger partial charge < -0.3 is 5.11 Å². The summed E-state index contributed by atoms with van der Waals surface area (Å²) in [6.07, 6.45) is -0.522. The number of hydrogen-bond donors (Lipinski definition) is 1. The van der Waals surface area contributed by atoms with Gasteiger partial charge in [-0.25, -0.2) is 0 Å². The lowest BCUT2D eigenvalue weighted by Crippen LogP contribution is -1.91. The van der Waals surface area contributed by atoms with E-state index in [-0.39, 0.29) is 0 Å². The SMILES string of the molecule is CC(O)c1cc(C#N)c2sccc2c1. The van der Waals surface area contributed by atoms with E-state index in [1.165, 1.54) is 0 Å². The van der Waals surface area contributed by atoms with Crippen molar-refractivity contribution in [2.45, 2.75) is 13.0 Å². The molecule has 0 aliphatic rings. The molecule has 1 atom stereocenters. The minimum absolute atomic E-state index is 0.522. The maximum absolute atomic E-state index is 9.43. The standard InChI is InChI=1S/C11H9NOS/c1-7(13)9-4-8-2-3-14-11(8)10(5-9)6-12/h2-5,7,13H,1H3. The van der Waals surface area contributed by atoms with Gasteiger partial charge >= 0.3 is 0 Å². The van der Waals surface area contributed by atoms with Gasteiger partial charge in [0.2, 0.25) is 0 Å². The lowest BCUT2D eigenvalue weighted by atomic mass is 10.1. The summed E-state index contributed by atoms with van der Waals surface area (Å²) in [5, 5.41) is 21.4. The summed E-state index contributed by atoms with van der Waals surface area (Å²) in [6, 6.07) is 7.80. The van der Waals surface area contributed by atoms with E-state index < -0.39 is 6.10 Å². The van der Waals surface area contributed by atoms with Crippen molar-refractivity contribution in [2.24, 2.45) is 0 Å². The van der Waals surface area contributed by atoms with Crippen molar-refractivity contribution in [3.05, 3.63) is 34.7 Å². The lowest BCUT2D eigenvalue weighted by molar-refractivity contribution is 0.199. The monoisotopic (exact) mass is 203 g/mol. The first kappa shape index (κ1) is 9.20. The Morgan fingerprint density at radius 2 is 2.29 bits per heavy atom. The molecular weight excluding hydrogens is 194 g/mol. The molecule has 0 radical (unpaired) electrons. The fourth-order valence-corrected chi connectivity index (χ4v) is 2.27. The first-order valence-corrected chi connectivity index (χ1v) is 5.19. The van der Waals surface area contributed by atoms with Gasteiger partial charge in [-0.3, -0.25) is 0 Å². The zero-order valence-electron chi connectivity index (χ0n) is 7.69. The van der Waals surface area contributed by atoms with Gasteiger partial charge in [0.25, 0.3) is 0 Å². The highest BCUT2D eigenvalue weighted by molar-refractivity contribution is 7.17. The van der Waals surface area contributed by atoms with Gasteiger partial charge in [0.1, 0.15) is 6.07 Å². The van der Waals surface area contributed by atoms with Crippen LogP contribution < -0.4 is 0 Å². The molecular formula is C11H9NOS. The normalized spacial score (nSPS) is 12.6. The topological polar surface area (TPSA) is 44.0 Å². The van der Waals surface area contributed by atoms with E-state index >= 15 is 0 Å². The Balaban J connectivity index is 2.75. The summed E-state index contributed by atoms with van der Waals surface area (Å²) in [4.78, 5) is 0. The van der Waals surface area contributed by atoms with E-state index in [0.29, 0.717) is 5.56 Å². The second kappa shape index (κ2) is 3.41. The van der Waals surface area contributed by atoms with Crippen LogP contribution in [0.25, 0.3) is 10.1 Å². The van der Waals surface area contributed by atoms with Crippen LogP contribution >= 0.6 is 11.3 Å². The minimum Gasteiger partial charge on any atom is -0.389 e. The third kappa shape index (κ3) is 1.39. The molecule has 1 unspecified atom stereocenters. The van der Waals surface area contributed by atoms with Crippen LogP contribution in [0.15, 0.2) is 23.6 Å². The number of fused-ring (bicyclic) bond motifs is 1. The molecule has 1 aromatic heterocycles. The van der Waals surface area contributed by atoms with Crippen LogP contribution in [0, 0.1) is 11.3 Å². The molecule has 2 nitrogen and oxygen atoms in total. The van der Waals surface area contributed by atoms with E-state index in [1.807, 2.05) is 17.5 Å². The molecule has 0 bridgehead atoms. The van der Waals surface area contributed by atoms with Crippen LogP contribution in [0.5, 0.6) is 0 Å². The average molecular weight is 203 g/mol. The second-order valence-corrected chi connectivity index (χ2v) is 4.11. The molecule has 0 fully saturated rings. The van der Waals surface area contributed by atoms with Crippen molar-refractivity contribution in [2.75, 3.05) is 0 Å². The van der Waals surface area contributed by atoms with Gasteiger partial charge in [0.15, 0.2) is 0 Å². The summed E-state index contributed by atoms with van der Waals surface area (Å²) in [7, 11) is 0. The molecule has 0 aliphatic heterocycles. The smallest absolute Gasteiger partial charge is 0.101 e. The quantitative estimate of drug-likeness (QED) is 0.774. The van der Waals surface area contributed by atoms with Gasteiger partial charge in [-0.05, 0) is 41.5 Å². The number of nitrogens with zero attached hydrogens (tertiary/aromatic N) is 1. The minimum atomic E-state index is -0.522.